The number of aliphatic carboxylic acids is 1. The highest BCUT2D eigenvalue weighted by molar-refractivity contribution is 8.13. The zero-order chi connectivity index (χ0) is 16.0. The van der Waals surface area contributed by atoms with Gasteiger partial charge in [0.15, 0.2) is 0 Å². The van der Waals surface area contributed by atoms with Gasteiger partial charge in [-0.15, -0.1) is 0 Å². The predicted molar refractivity (Wildman–Crippen MR) is 73.1 cm³/mol. The minimum Gasteiger partial charge on any atom is -0.492 e. The maximum Gasteiger partial charge on any atom is 0.303 e. The highest BCUT2D eigenvalue weighted by Crippen LogP contribution is 2.30. The Morgan fingerprint density at radius 3 is 2.57 bits per heavy atom. The first-order chi connectivity index (χ1) is 9.71. The van der Waals surface area contributed by atoms with E-state index in [0.29, 0.717) is 12.8 Å². The van der Waals surface area contributed by atoms with E-state index in [9.17, 15) is 23.3 Å². The van der Waals surface area contributed by atoms with E-state index in [1.54, 1.807) is 0 Å². The zero-order valence-corrected chi connectivity index (χ0v) is 12.3. The van der Waals surface area contributed by atoms with E-state index in [-0.39, 0.29) is 18.8 Å². The van der Waals surface area contributed by atoms with Gasteiger partial charge in [-0.25, -0.2) is 8.42 Å². The molecule has 0 fully saturated rings. The maximum atomic E-state index is 11.4. The molecule has 116 valence electrons. The number of non-ortho nitro benzene ring substituents is 1. The van der Waals surface area contributed by atoms with Crippen LogP contribution in [0, 0.1) is 10.1 Å². The van der Waals surface area contributed by atoms with Crippen molar-refractivity contribution in [1.82, 2.24) is 0 Å². The fourth-order valence-electron chi connectivity index (χ4n) is 1.48. The molecule has 1 N–H and O–H groups in total. The van der Waals surface area contributed by atoms with Gasteiger partial charge in [0.25, 0.3) is 14.7 Å². The quantitative estimate of drug-likeness (QED) is 0.333. The summed E-state index contributed by atoms with van der Waals surface area (Å²) < 4.78 is 28.0. The van der Waals surface area contributed by atoms with E-state index < -0.39 is 30.5 Å². The smallest absolute Gasteiger partial charge is 0.303 e. The molecular weight excluding hydrogens is 326 g/mol. The number of carboxylic acid groups (broad SMARTS) is 1. The second-order valence-electron chi connectivity index (χ2n) is 4.03. The number of nitrogens with zero attached hydrogens (tertiary/aromatic N) is 1. The summed E-state index contributed by atoms with van der Waals surface area (Å²) in [7, 11) is 1.02. The van der Waals surface area contributed by atoms with Crippen LogP contribution >= 0.6 is 10.7 Å². The summed E-state index contributed by atoms with van der Waals surface area (Å²) in [5.41, 5.74) is -0.424. The van der Waals surface area contributed by atoms with E-state index in [4.69, 9.17) is 20.5 Å². The van der Waals surface area contributed by atoms with Crippen LogP contribution in [0.4, 0.5) is 5.69 Å². The van der Waals surface area contributed by atoms with Gasteiger partial charge in [0.2, 0.25) is 0 Å². The molecule has 0 spiro atoms. The van der Waals surface area contributed by atoms with Crippen molar-refractivity contribution in [3.63, 3.8) is 0 Å². The van der Waals surface area contributed by atoms with Crippen molar-refractivity contribution in [3.8, 4) is 5.75 Å². The number of hydrogen-bond acceptors (Lipinski definition) is 6. The average Bonchev–Trinajstić information content (AvgIpc) is 2.36. The van der Waals surface area contributed by atoms with Gasteiger partial charge >= 0.3 is 5.97 Å². The van der Waals surface area contributed by atoms with Gasteiger partial charge < -0.3 is 9.84 Å². The summed E-state index contributed by atoms with van der Waals surface area (Å²) in [5.74, 6) is -1.04. The topological polar surface area (TPSA) is 124 Å². The summed E-state index contributed by atoms with van der Waals surface area (Å²) >= 11 is 0. The summed E-state index contributed by atoms with van der Waals surface area (Å²) in [5, 5.41) is 19.1. The van der Waals surface area contributed by atoms with Gasteiger partial charge in [0.05, 0.1) is 11.5 Å². The second kappa shape index (κ2) is 7.23. The first kappa shape index (κ1) is 17.2. The number of carboxylic acids is 1. The number of halogens is 1. The second-order valence-corrected chi connectivity index (χ2v) is 6.56. The number of nitro groups is 1. The van der Waals surface area contributed by atoms with Crippen LogP contribution in [0.5, 0.6) is 5.75 Å². The van der Waals surface area contributed by atoms with Crippen LogP contribution in [-0.2, 0) is 13.8 Å². The zero-order valence-electron chi connectivity index (χ0n) is 10.7. The predicted octanol–water partition coefficient (Wildman–Crippen LogP) is 2.16. The Bertz CT molecular complexity index is 644. The molecule has 0 aliphatic carbocycles. The number of nitro benzene ring substituents is 1. The molecule has 1 aromatic carbocycles. The van der Waals surface area contributed by atoms with Gasteiger partial charge in [-0.2, -0.15) is 0 Å². The fourth-order valence-corrected chi connectivity index (χ4v) is 2.47. The van der Waals surface area contributed by atoms with Crippen molar-refractivity contribution >= 4 is 31.4 Å². The van der Waals surface area contributed by atoms with Crippen molar-refractivity contribution in [3.05, 3.63) is 28.3 Å². The summed E-state index contributed by atoms with van der Waals surface area (Å²) in [6.07, 6.45) is 0.737. The standard InChI is InChI=1S/C11H12ClNO7S/c12-21(18,19)10-7-8(13(16)17)4-5-9(10)20-6-2-1-3-11(14)15/h4-5,7H,1-3,6H2,(H,14,15). The van der Waals surface area contributed by atoms with Crippen LogP contribution in [-0.4, -0.2) is 31.0 Å². The van der Waals surface area contributed by atoms with Crippen LogP contribution in [0.15, 0.2) is 23.1 Å². The van der Waals surface area contributed by atoms with Crippen molar-refractivity contribution in [2.24, 2.45) is 0 Å². The van der Waals surface area contributed by atoms with Crippen LogP contribution in [0.25, 0.3) is 0 Å². The van der Waals surface area contributed by atoms with Crippen LogP contribution in [0.2, 0.25) is 0 Å². The lowest BCUT2D eigenvalue weighted by molar-refractivity contribution is -0.385. The Labute approximate surface area is 124 Å². The fraction of sp³-hybridized carbons (Fsp3) is 0.364. The molecule has 0 atom stereocenters. The normalized spacial score (nSPS) is 11.1. The summed E-state index contributed by atoms with van der Waals surface area (Å²) in [4.78, 5) is 19.7. The van der Waals surface area contributed by atoms with Crippen molar-refractivity contribution < 1.29 is 28.0 Å². The lowest BCUT2D eigenvalue weighted by Gasteiger charge is -2.09. The largest absolute Gasteiger partial charge is 0.492 e. The van der Waals surface area contributed by atoms with Crippen LogP contribution in [0.3, 0.4) is 0 Å². The van der Waals surface area contributed by atoms with Crippen LogP contribution < -0.4 is 4.74 Å². The third-order valence-electron chi connectivity index (χ3n) is 2.44. The molecule has 0 saturated heterocycles. The van der Waals surface area contributed by atoms with Crippen molar-refractivity contribution in [1.29, 1.82) is 0 Å². The monoisotopic (exact) mass is 337 g/mol. The molecule has 0 aliphatic heterocycles. The van der Waals surface area contributed by atoms with Gasteiger partial charge in [0.1, 0.15) is 10.6 Å². The minimum absolute atomic E-state index is 0.0235. The number of carbonyl (C=O) groups is 1. The molecule has 0 bridgehead atoms. The molecule has 1 rings (SSSR count). The third kappa shape index (κ3) is 5.56. The molecule has 0 aliphatic rings. The van der Waals surface area contributed by atoms with E-state index in [1.165, 1.54) is 0 Å². The van der Waals surface area contributed by atoms with Crippen LogP contribution in [0.1, 0.15) is 19.3 Å². The Kier molecular flexibility index (Phi) is 5.91. The van der Waals surface area contributed by atoms with Gasteiger partial charge in [-0.3, -0.25) is 14.9 Å². The summed E-state index contributed by atoms with van der Waals surface area (Å²) in [6.45, 7) is 0.0739. The number of rotatable bonds is 8. The maximum absolute atomic E-state index is 11.4. The van der Waals surface area contributed by atoms with E-state index in [2.05, 4.69) is 0 Å². The highest BCUT2D eigenvalue weighted by Gasteiger charge is 2.21. The molecule has 8 nitrogen and oxygen atoms in total. The molecule has 0 unspecified atom stereocenters. The highest BCUT2D eigenvalue weighted by atomic mass is 35.7. The SMILES string of the molecule is O=C(O)CCCCOc1ccc([N+](=O)[O-])cc1S(=O)(=O)Cl. The Hall–Kier alpha value is -1.87. The Morgan fingerprint density at radius 2 is 2.05 bits per heavy atom. The minimum atomic E-state index is -4.20. The molecule has 0 heterocycles. The van der Waals surface area contributed by atoms with Gasteiger partial charge in [-0.05, 0) is 18.9 Å². The molecule has 10 heteroatoms. The van der Waals surface area contributed by atoms with Gasteiger partial charge in [-0.1, -0.05) is 0 Å². The lowest BCUT2D eigenvalue weighted by atomic mass is 10.2. The Balaban J connectivity index is 2.82. The first-order valence-corrected chi connectivity index (χ1v) is 8.10. The number of benzene rings is 1. The van der Waals surface area contributed by atoms with E-state index in [1.807, 2.05) is 0 Å². The molecule has 21 heavy (non-hydrogen) atoms. The molecular formula is C11H12ClNO7S. The molecule has 0 aromatic heterocycles. The lowest BCUT2D eigenvalue weighted by Crippen LogP contribution is -2.04. The number of ether oxygens (including phenoxy) is 1. The number of unbranched alkanes of at least 4 members (excludes halogenated alkanes) is 1. The van der Waals surface area contributed by atoms with Crippen molar-refractivity contribution in [2.45, 2.75) is 24.2 Å². The Morgan fingerprint density at radius 1 is 1.38 bits per heavy atom. The van der Waals surface area contributed by atoms with E-state index >= 15 is 0 Å². The summed E-state index contributed by atoms with van der Waals surface area (Å²) in [6, 6.07) is 3.05. The average molecular weight is 338 g/mol. The third-order valence-corrected chi connectivity index (χ3v) is 3.79. The molecule has 0 saturated carbocycles. The van der Waals surface area contributed by atoms with Gasteiger partial charge in [0, 0.05) is 29.2 Å². The molecule has 0 amide bonds. The molecule has 1 aromatic rings. The number of hydrogen-bond donors (Lipinski definition) is 1. The van der Waals surface area contributed by atoms with E-state index in [0.717, 1.165) is 18.2 Å². The first-order valence-electron chi connectivity index (χ1n) is 5.79. The van der Waals surface area contributed by atoms with Crippen molar-refractivity contribution in [2.75, 3.05) is 6.61 Å². The molecule has 0 radical (unpaired) electrons.